The van der Waals surface area contributed by atoms with Gasteiger partial charge >= 0.3 is 5.97 Å². The lowest BCUT2D eigenvalue weighted by Crippen LogP contribution is -2.75. The number of benzene rings is 1. The van der Waals surface area contributed by atoms with Crippen LogP contribution in [0.15, 0.2) is 35.9 Å². The third kappa shape index (κ3) is 1.83. The smallest absolute Gasteiger partial charge is 0.316 e. The Morgan fingerprint density at radius 1 is 1.44 bits per heavy atom. The number of allylic oxidation sites excluding steroid dienone is 1. The summed E-state index contributed by atoms with van der Waals surface area (Å²) in [5.74, 6) is -0.645. The fourth-order valence-corrected chi connectivity index (χ4v) is 5.89. The average molecular weight is 368 g/mol. The second-order valence-electron chi connectivity index (χ2n) is 8.00. The van der Waals surface area contributed by atoms with Crippen LogP contribution in [0.5, 0.6) is 0 Å². The molecule has 3 fully saturated rings. The minimum absolute atomic E-state index is 0.250. The van der Waals surface area contributed by atoms with E-state index in [0.717, 1.165) is 27.7 Å². The van der Waals surface area contributed by atoms with Gasteiger partial charge in [-0.1, -0.05) is 29.8 Å². The third-order valence-corrected chi connectivity index (χ3v) is 7.17. The molecule has 5 heterocycles. The first-order valence-electron chi connectivity index (χ1n) is 9.44. The number of para-hydroxylation sites is 1. The molecule has 1 aromatic heterocycles. The molecule has 0 spiro atoms. The van der Waals surface area contributed by atoms with E-state index in [0.29, 0.717) is 19.4 Å². The molecule has 3 N–H and O–H groups in total. The lowest BCUT2D eigenvalue weighted by atomic mass is 9.54. The standard InChI is InChI=1S/C21H24N2O4/c1-3-12-10-23-17-8-14-13-6-4-5-7-16(13)22-18(14)21(23,26)9-15(12)20(17,11-24)19(25)27-2/h3-7,15,17,22,24,26H,8-11H2,1-2H3/t15-,17?,20?,21?/m1/s1. The quantitative estimate of drug-likeness (QED) is 0.555. The molecule has 0 aliphatic carbocycles. The number of piperidine rings is 3. The van der Waals surface area contributed by atoms with Crippen LogP contribution in [-0.2, 0) is 21.7 Å². The normalized spacial score (nSPS) is 38.2. The van der Waals surface area contributed by atoms with Crippen molar-refractivity contribution in [2.45, 2.75) is 31.5 Å². The summed E-state index contributed by atoms with van der Waals surface area (Å²) in [7, 11) is 1.37. The number of carbonyl (C=O) groups excluding carboxylic acids is 1. The Morgan fingerprint density at radius 2 is 2.22 bits per heavy atom. The highest BCUT2D eigenvalue weighted by Crippen LogP contribution is 2.61. The Kier molecular flexibility index (Phi) is 3.42. The molecule has 5 atom stereocenters. The number of aromatic amines is 1. The largest absolute Gasteiger partial charge is 0.468 e. The molecule has 4 aliphatic rings. The molecule has 6 rings (SSSR count). The molecule has 4 bridgehead atoms. The zero-order valence-corrected chi connectivity index (χ0v) is 15.5. The van der Waals surface area contributed by atoms with Gasteiger partial charge in [-0.25, -0.2) is 0 Å². The van der Waals surface area contributed by atoms with E-state index in [-0.39, 0.29) is 18.6 Å². The summed E-state index contributed by atoms with van der Waals surface area (Å²) in [4.78, 5) is 18.4. The summed E-state index contributed by atoms with van der Waals surface area (Å²) in [6, 6.07) is 7.69. The number of nitrogens with one attached hydrogen (secondary N) is 1. The Bertz CT molecular complexity index is 980. The Balaban J connectivity index is 1.78. The summed E-state index contributed by atoms with van der Waals surface area (Å²) in [5, 5.41) is 23.3. The van der Waals surface area contributed by atoms with E-state index >= 15 is 0 Å². The first kappa shape index (κ1) is 17.0. The van der Waals surface area contributed by atoms with Crippen LogP contribution in [0.2, 0.25) is 0 Å². The fourth-order valence-electron chi connectivity index (χ4n) is 5.89. The summed E-state index contributed by atoms with van der Waals surface area (Å²) < 4.78 is 5.17. The van der Waals surface area contributed by atoms with Gasteiger partial charge in [0.2, 0.25) is 0 Å². The van der Waals surface area contributed by atoms with Crippen LogP contribution in [0.1, 0.15) is 24.6 Å². The van der Waals surface area contributed by atoms with Crippen LogP contribution in [-0.4, -0.2) is 52.4 Å². The number of hydrogen-bond acceptors (Lipinski definition) is 5. The number of hydrogen-bond donors (Lipinski definition) is 3. The van der Waals surface area contributed by atoms with Crippen LogP contribution in [0, 0.1) is 11.3 Å². The van der Waals surface area contributed by atoms with Gasteiger partial charge in [-0.3, -0.25) is 9.69 Å². The third-order valence-electron chi connectivity index (χ3n) is 7.17. The molecule has 142 valence electrons. The maximum absolute atomic E-state index is 13.0. The summed E-state index contributed by atoms with van der Waals surface area (Å²) >= 11 is 0. The second kappa shape index (κ2) is 5.44. The van der Waals surface area contributed by atoms with Crippen molar-refractivity contribution in [2.24, 2.45) is 11.3 Å². The lowest BCUT2D eigenvalue weighted by Gasteiger charge is -2.65. The van der Waals surface area contributed by atoms with E-state index < -0.39 is 17.1 Å². The first-order valence-corrected chi connectivity index (χ1v) is 9.44. The van der Waals surface area contributed by atoms with Gasteiger partial charge < -0.3 is 19.9 Å². The maximum Gasteiger partial charge on any atom is 0.316 e. The van der Waals surface area contributed by atoms with Crippen LogP contribution >= 0.6 is 0 Å². The molecule has 6 nitrogen and oxygen atoms in total. The minimum atomic E-state index is -1.17. The maximum atomic E-state index is 13.0. The van der Waals surface area contributed by atoms with Crippen molar-refractivity contribution in [1.29, 1.82) is 0 Å². The van der Waals surface area contributed by atoms with Crippen LogP contribution in [0.3, 0.4) is 0 Å². The van der Waals surface area contributed by atoms with Crippen LogP contribution < -0.4 is 0 Å². The fraction of sp³-hybridized carbons (Fsp3) is 0.476. The number of ether oxygens (including phenoxy) is 1. The van der Waals surface area contributed by atoms with E-state index in [1.54, 1.807) is 0 Å². The first-order chi connectivity index (χ1) is 13.0. The predicted octanol–water partition coefficient (Wildman–Crippen LogP) is 1.67. The molecule has 0 amide bonds. The van der Waals surface area contributed by atoms with E-state index in [2.05, 4.69) is 4.98 Å². The number of methoxy groups -OCH3 is 1. The number of esters is 1. The zero-order chi connectivity index (χ0) is 19.0. The van der Waals surface area contributed by atoms with Crippen molar-refractivity contribution in [2.75, 3.05) is 20.3 Å². The van der Waals surface area contributed by atoms with E-state index in [1.807, 2.05) is 42.2 Å². The summed E-state index contributed by atoms with van der Waals surface area (Å²) in [6.07, 6.45) is 2.96. The van der Waals surface area contributed by atoms with Gasteiger partial charge in [0.25, 0.3) is 0 Å². The van der Waals surface area contributed by atoms with E-state index in [1.165, 1.54) is 7.11 Å². The van der Waals surface area contributed by atoms with Gasteiger partial charge in [0.1, 0.15) is 5.41 Å². The van der Waals surface area contributed by atoms with Crippen molar-refractivity contribution in [3.63, 3.8) is 0 Å². The van der Waals surface area contributed by atoms with Crippen molar-refractivity contribution in [1.82, 2.24) is 9.88 Å². The number of aliphatic hydroxyl groups is 2. The van der Waals surface area contributed by atoms with Gasteiger partial charge in [-0.15, -0.1) is 0 Å². The monoisotopic (exact) mass is 368 g/mol. The number of aliphatic hydroxyl groups excluding tert-OH is 1. The number of fused-ring (bicyclic) bond motifs is 4. The molecule has 2 aromatic rings. The van der Waals surface area contributed by atoms with Gasteiger partial charge in [0, 0.05) is 35.8 Å². The molecule has 0 radical (unpaired) electrons. The molecule has 1 aromatic carbocycles. The number of H-pyrrole nitrogens is 1. The Labute approximate surface area is 157 Å². The SMILES string of the molecule is CC=C1CN2C3Cc4c([nH]c5ccccc45)C2(O)C[C@H]1C3(CO)C(=O)OC. The highest BCUT2D eigenvalue weighted by Gasteiger charge is 2.69. The molecular weight excluding hydrogens is 344 g/mol. The molecule has 27 heavy (non-hydrogen) atoms. The Hall–Kier alpha value is -2.15. The highest BCUT2D eigenvalue weighted by molar-refractivity contribution is 5.86. The number of nitrogens with zero attached hydrogens (tertiary/aromatic N) is 1. The molecule has 0 saturated carbocycles. The highest BCUT2D eigenvalue weighted by atomic mass is 16.5. The molecule has 3 saturated heterocycles. The molecule has 4 aliphatic heterocycles. The van der Waals surface area contributed by atoms with Crippen LogP contribution in [0.4, 0.5) is 0 Å². The van der Waals surface area contributed by atoms with Crippen molar-refractivity contribution in [3.05, 3.63) is 47.2 Å². The Morgan fingerprint density at radius 3 is 2.93 bits per heavy atom. The van der Waals surface area contributed by atoms with Crippen molar-refractivity contribution >= 4 is 16.9 Å². The second-order valence-corrected chi connectivity index (χ2v) is 8.00. The number of carbonyl (C=O) groups is 1. The summed E-state index contributed by atoms with van der Waals surface area (Å²) in [5.41, 5.74) is 1.71. The van der Waals surface area contributed by atoms with Gasteiger partial charge in [0.05, 0.1) is 19.4 Å². The van der Waals surface area contributed by atoms with Crippen molar-refractivity contribution < 1.29 is 19.7 Å². The van der Waals surface area contributed by atoms with E-state index in [9.17, 15) is 15.0 Å². The number of rotatable bonds is 2. The minimum Gasteiger partial charge on any atom is -0.468 e. The zero-order valence-electron chi connectivity index (χ0n) is 15.5. The van der Waals surface area contributed by atoms with Gasteiger partial charge in [-0.05, 0) is 25.0 Å². The van der Waals surface area contributed by atoms with Crippen molar-refractivity contribution in [3.8, 4) is 0 Å². The van der Waals surface area contributed by atoms with Crippen LogP contribution in [0.25, 0.3) is 10.9 Å². The predicted molar refractivity (Wildman–Crippen MR) is 99.8 cm³/mol. The lowest BCUT2D eigenvalue weighted by molar-refractivity contribution is -0.252. The van der Waals surface area contributed by atoms with Gasteiger partial charge in [-0.2, -0.15) is 0 Å². The molecule has 4 unspecified atom stereocenters. The summed E-state index contributed by atoms with van der Waals surface area (Å²) in [6.45, 7) is 2.25. The molecule has 6 heteroatoms. The topological polar surface area (TPSA) is 85.8 Å². The molecular formula is C21H24N2O4. The van der Waals surface area contributed by atoms with E-state index in [4.69, 9.17) is 4.74 Å². The van der Waals surface area contributed by atoms with Gasteiger partial charge in [0.15, 0.2) is 5.72 Å². The number of aromatic nitrogens is 1. The average Bonchev–Trinajstić information content (AvgIpc) is 3.07.